The first kappa shape index (κ1) is 15.5. The number of carbonyl (C=O) groups is 1. The van der Waals surface area contributed by atoms with Gasteiger partial charge >= 0.3 is 5.97 Å². The summed E-state index contributed by atoms with van der Waals surface area (Å²) in [4.78, 5) is 22.4. The van der Waals surface area contributed by atoms with E-state index in [9.17, 15) is 14.9 Å². The van der Waals surface area contributed by atoms with Gasteiger partial charge in [-0.25, -0.2) is 4.79 Å². The molecule has 0 aliphatic carbocycles. The van der Waals surface area contributed by atoms with Crippen molar-refractivity contribution in [3.8, 4) is 22.6 Å². The first-order chi connectivity index (χ1) is 11.6. The molecule has 2 heterocycles. The second-order valence-electron chi connectivity index (χ2n) is 4.86. The van der Waals surface area contributed by atoms with Crippen molar-refractivity contribution >= 4 is 11.7 Å². The average Bonchev–Trinajstić information content (AvgIpc) is 3.24. The van der Waals surface area contributed by atoms with E-state index >= 15 is 0 Å². The minimum absolute atomic E-state index is 0.0251. The number of hydrogen-bond acceptors (Lipinski definition) is 6. The summed E-state index contributed by atoms with van der Waals surface area (Å²) in [6.07, 6.45) is 1.49. The molecule has 7 nitrogen and oxygen atoms in total. The van der Waals surface area contributed by atoms with Crippen LogP contribution < -0.4 is 0 Å². The van der Waals surface area contributed by atoms with Gasteiger partial charge in [0.15, 0.2) is 11.5 Å². The second kappa shape index (κ2) is 6.41. The number of esters is 1. The monoisotopic (exact) mass is 327 g/mol. The number of benzene rings is 1. The summed E-state index contributed by atoms with van der Waals surface area (Å²) in [6, 6.07) is 10.9. The van der Waals surface area contributed by atoms with E-state index in [2.05, 4.69) is 0 Å². The number of rotatable bonds is 5. The molecular weight excluding hydrogens is 314 g/mol. The Morgan fingerprint density at radius 1 is 1.21 bits per heavy atom. The molecule has 0 aliphatic rings. The summed E-state index contributed by atoms with van der Waals surface area (Å²) in [5, 5.41) is 10.8. The van der Waals surface area contributed by atoms with Crippen LogP contribution in [-0.2, 0) is 4.74 Å². The summed E-state index contributed by atoms with van der Waals surface area (Å²) in [7, 11) is 0. The number of furan rings is 2. The first-order valence-corrected chi connectivity index (χ1v) is 7.19. The molecular formula is C17H13NO6. The maximum Gasteiger partial charge on any atom is 0.374 e. The van der Waals surface area contributed by atoms with Gasteiger partial charge in [-0.2, -0.15) is 0 Å². The molecule has 0 fully saturated rings. The highest BCUT2D eigenvalue weighted by Crippen LogP contribution is 2.34. The Hall–Kier alpha value is -3.35. The van der Waals surface area contributed by atoms with E-state index in [1.54, 1.807) is 37.3 Å². The minimum Gasteiger partial charge on any atom is -0.461 e. The van der Waals surface area contributed by atoms with Crippen molar-refractivity contribution in [1.29, 1.82) is 0 Å². The molecule has 0 spiro atoms. The minimum atomic E-state index is -0.608. The van der Waals surface area contributed by atoms with Crippen molar-refractivity contribution in [3.05, 3.63) is 64.6 Å². The SMILES string of the molecule is CCOC(=O)c1oc(-c2ccco2)cc1-c1ccc([N+](=O)[O-])cc1. The third-order valence-corrected chi connectivity index (χ3v) is 3.35. The zero-order chi connectivity index (χ0) is 17.1. The Kier molecular flexibility index (Phi) is 4.15. The maximum atomic E-state index is 12.1. The van der Waals surface area contributed by atoms with Gasteiger partial charge in [-0.15, -0.1) is 0 Å². The van der Waals surface area contributed by atoms with E-state index in [4.69, 9.17) is 13.6 Å². The van der Waals surface area contributed by atoms with E-state index in [1.165, 1.54) is 18.4 Å². The smallest absolute Gasteiger partial charge is 0.374 e. The van der Waals surface area contributed by atoms with Crippen LogP contribution in [0.15, 0.2) is 57.6 Å². The molecule has 0 unspecified atom stereocenters. The topological polar surface area (TPSA) is 95.7 Å². The predicted molar refractivity (Wildman–Crippen MR) is 84.5 cm³/mol. The summed E-state index contributed by atoms with van der Waals surface area (Å²) >= 11 is 0. The van der Waals surface area contributed by atoms with E-state index in [1.807, 2.05) is 0 Å². The summed E-state index contributed by atoms with van der Waals surface area (Å²) in [5.41, 5.74) is 1.05. The van der Waals surface area contributed by atoms with Gasteiger partial charge in [0, 0.05) is 17.7 Å². The van der Waals surface area contributed by atoms with Crippen LogP contribution >= 0.6 is 0 Å². The molecule has 3 rings (SSSR count). The summed E-state index contributed by atoms with van der Waals surface area (Å²) < 4.78 is 15.9. The van der Waals surface area contributed by atoms with Crippen molar-refractivity contribution in [2.24, 2.45) is 0 Å². The lowest BCUT2D eigenvalue weighted by molar-refractivity contribution is -0.384. The Balaban J connectivity index is 2.07. The standard InChI is InChI=1S/C17H13NO6/c1-2-22-17(19)16-13(10-15(24-16)14-4-3-9-23-14)11-5-7-12(8-6-11)18(20)21/h3-10H,2H2,1H3. The zero-order valence-electron chi connectivity index (χ0n) is 12.7. The molecule has 0 aliphatic heterocycles. The number of hydrogen-bond donors (Lipinski definition) is 0. The van der Waals surface area contributed by atoms with Crippen LogP contribution in [0.2, 0.25) is 0 Å². The molecule has 0 radical (unpaired) electrons. The van der Waals surface area contributed by atoms with Crippen molar-refractivity contribution in [1.82, 2.24) is 0 Å². The van der Waals surface area contributed by atoms with E-state index in [0.717, 1.165) is 0 Å². The fraction of sp³-hybridized carbons (Fsp3) is 0.118. The van der Waals surface area contributed by atoms with Crippen LogP contribution in [0.4, 0.5) is 5.69 Å². The largest absolute Gasteiger partial charge is 0.461 e. The van der Waals surface area contributed by atoms with Crippen LogP contribution in [0, 0.1) is 10.1 Å². The molecule has 0 bridgehead atoms. The number of non-ortho nitro benzene ring substituents is 1. The normalized spacial score (nSPS) is 10.5. The van der Waals surface area contributed by atoms with Gasteiger partial charge in [0.1, 0.15) is 0 Å². The van der Waals surface area contributed by atoms with Crippen molar-refractivity contribution in [2.75, 3.05) is 6.61 Å². The van der Waals surface area contributed by atoms with Crippen molar-refractivity contribution in [2.45, 2.75) is 6.92 Å². The Labute approximate surface area is 136 Å². The number of nitrogens with zero attached hydrogens (tertiary/aromatic N) is 1. The average molecular weight is 327 g/mol. The highest BCUT2D eigenvalue weighted by Gasteiger charge is 2.23. The second-order valence-corrected chi connectivity index (χ2v) is 4.86. The highest BCUT2D eigenvalue weighted by atomic mass is 16.6. The Bertz CT molecular complexity index is 861. The molecule has 0 saturated carbocycles. The maximum absolute atomic E-state index is 12.1. The van der Waals surface area contributed by atoms with Gasteiger partial charge in [-0.3, -0.25) is 10.1 Å². The van der Waals surface area contributed by atoms with Gasteiger partial charge in [-0.1, -0.05) is 0 Å². The third kappa shape index (κ3) is 2.91. The van der Waals surface area contributed by atoms with Crippen LogP contribution in [-0.4, -0.2) is 17.5 Å². The van der Waals surface area contributed by atoms with Gasteiger partial charge < -0.3 is 13.6 Å². The number of carbonyl (C=O) groups excluding carboxylic acids is 1. The lowest BCUT2D eigenvalue weighted by atomic mass is 10.1. The number of nitro benzene ring substituents is 1. The lowest BCUT2D eigenvalue weighted by Crippen LogP contribution is -2.04. The van der Waals surface area contributed by atoms with Crippen molar-refractivity contribution in [3.63, 3.8) is 0 Å². The quantitative estimate of drug-likeness (QED) is 0.394. The summed E-state index contributed by atoms with van der Waals surface area (Å²) in [5.74, 6) is 0.255. The van der Waals surface area contributed by atoms with E-state index in [-0.39, 0.29) is 18.1 Å². The van der Waals surface area contributed by atoms with Gasteiger partial charge in [0.05, 0.1) is 17.8 Å². The number of ether oxygens (including phenoxy) is 1. The van der Waals surface area contributed by atoms with Crippen molar-refractivity contribution < 1.29 is 23.3 Å². The molecule has 0 atom stereocenters. The lowest BCUT2D eigenvalue weighted by Gasteiger charge is -2.02. The van der Waals surface area contributed by atoms with Crippen LogP contribution in [0.3, 0.4) is 0 Å². The highest BCUT2D eigenvalue weighted by molar-refractivity contribution is 5.95. The molecule has 122 valence electrons. The van der Waals surface area contributed by atoms with Gasteiger partial charge in [0.25, 0.3) is 5.69 Å². The van der Waals surface area contributed by atoms with Gasteiger partial charge in [-0.05, 0) is 42.8 Å². The fourth-order valence-electron chi connectivity index (χ4n) is 2.26. The molecule has 3 aromatic rings. The first-order valence-electron chi connectivity index (χ1n) is 7.19. The Morgan fingerprint density at radius 3 is 2.54 bits per heavy atom. The van der Waals surface area contributed by atoms with Gasteiger partial charge in [0.2, 0.25) is 5.76 Å². The third-order valence-electron chi connectivity index (χ3n) is 3.35. The van der Waals surface area contributed by atoms with Crippen LogP contribution in [0.5, 0.6) is 0 Å². The summed E-state index contributed by atoms with van der Waals surface area (Å²) in [6.45, 7) is 1.90. The van der Waals surface area contributed by atoms with E-state index < -0.39 is 10.9 Å². The fourth-order valence-corrected chi connectivity index (χ4v) is 2.26. The van der Waals surface area contributed by atoms with E-state index in [0.29, 0.717) is 22.6 Å². The molecule has 2 aromatic heterocycles. The zero-order valence-corrected chi connectivity index (χ0v) is 12.7. The predicted octanol–water partition coefficient (Wildman–Crippen LogP) is 4.29. The Morgan fingerprint density at radius 2 is 1.96 bits per heavy atom. The molecule has 0 N–H and O–H groups in total. The molecule has 1 aromatic carbocycles. The molecule has 0 saturated heterocycles. The molecule has 24 heavy (non-hydrogen) atoms. The number of nitro groups is 1. The molecule has 0 amide bonds. The van der Waals surface area contributed by atoms with Crippen LogP contribution in [0.1, 0.15) is 17.5 Å². The molecule has 7 heteroatoms. The van der Waals surface area contributed by atoms with Crippen LogP contribution in [0.25, 0.3) is 22.6 Å².